The largest absolute Gasteiger partial charge is 0.507 e. The van der Waals surface area contributed by atoms with E-state index >= 15 is 0 Å². The number of nitrogens with zero attached hydrogens (tertiary/aromatic N) is 5. The summed E-state index contributed by atoms with van der Waals surface area (Å²) in [5, 5.41) is 20.5. The van der Waals surface area contributed by atoms with E-state index < -0.39 is 0 Å². The van der Waals surface area contributed by atoms with Crippen molar-refractivity contribution in [2.75, 3.05) is 0 Å². The van der Waals surface area contributed by atoms with Gasteiger partial charge in [-0.05, 0) is 146 Å². The number of aromatic hydroxyl groups is 1. The first-order chi connectivity index (χ1) is 29.6. The van der Waals surface area contributed by atoms with Crippen LogP contribution >= 0.6 is 0 Å². The summed E-state index contributed by atoms with van der Waals surface area (Å²) in [6.45, 7) is 2.02. The van der Waals surface area contributed by atoms with Gasteiger partial charge in [-0.15, -0.1) is 0 Å². The highest BCUT2D eigenvalue weighted by Crippen LogP contribution is 2.44. The highest BCUT2D eigenvalue weighted by Gasteiger charge is 2.18. The maximum atomic E-state index is 11.6. The minimum absolute atomic E-state index is 0.200. The van der Waals surface area contributed by atoms with Gasteiger partial charge in [0.25, 0.3) is 0 Å². The number of phenols is 1. The second kappa shape index (κ2) is 15.7. The van der Waals surface area contributed by atoms with E-state index in [4.69, 9.17) is 0 Å². The second-order valence-corrected chi connectivity index (χ2v) is 14.9. The lowest BCUT2D eigenvalue weighted by molar-refractivity contribution is 0.477. The third kappa shape index (κ3) is 7.07. The van der Waals surface area contributed by atoms with Crippen molar-refractivity contribution >= 4 is 0 Å². The minimum atomic E-state index is 0.200. The van der Waals surface area contributed by atoms with Gasteiger partial charge in [-0.25, -0.2) is 9.36 Å². The predicted molar refractivity (Wildman–Crippen MR) is 243 cm³/mol. The molecule has 6 nitrogen and oxygen atoms in total. The third-order valence-electron chi connectivity index (χ3n) is 11.0. The van der Waals surface area contributed by atoms with Crippen molar-refractivity contribution in [1.29, 1.82) is 0 Å². The lowest BCUT2D eigenvalue weighted by atomic mass is 9.86. The van der Waals surface area contributed by atoms with Crippen LogP contribution in [0.5, 0.6) is 5.75 Å². The van der Waals surface area contributed by atoms with E-state index in [1.54, 1.807) is 12.4 Å². The molecular formula is C54H39N5O. The average Bonchev–Trinajstić information content (AvgIpc) is 4.06. The molecule has 10 rings (SSSR count). The van der Waals surface area contributed by atoms with Gasteiger partial charge in [0.1, 0.15) is 5.75 Å². The van der Waals surface area contributed by atoms with Crippen molar-refractivity contribution in [3.63, 3.8) is 0 Å². The SMILES string of the molecule is Cc1ccc(-c2ccc(-c3ccccc3-c3cc(-c4ccccc4-c4ccc(-n5cccn5)cc4)cc(-c4ccccc4-c4ccc(-n5cccn5)cc4)c3)c(O)c2)nc1. The van der Waals surface area contributed by atoms with Gasteiger partial charge >= 0.3 is 0 Å². The summed E-state index contributed by atoms with van der Waals surface area (Å²) >= 11 is 0. The summed E-state index contributed by atoms with van der Waals surface area (Å²) in [7, 11) is 0. The van der Waals surface area contributed by atoms with Crippen molar-refractivity contribution in [3.8, 4) is 95.1 Å². The zero-order chi connectivity index (χ0) is 40.4. The fourth-order valence-electron chi connectivity index (χ4n) is 8.02. The molecule has 0 unspecified atom stereocenters. The molecule has 3 heterocycles. The molecule has 3 aromatic heterocycles. The topological polar surface area (TPSA) is 68.8 Å². The summed E-state index contributed by atoms with van der Waals surface area (Å²) in [5.74, 6) is 0.200. The number of aromatic nitrogens is 5. The van der Waals surface area contributed by atoms with Crippen LogP contribution in [0.3, 0.4) is 0 Å². The predicted octanol–water partition coefficient (Wildman–Crippen LogP) is 13.1. The molecule has 0 amide bonds. The standard InChI is InChI=1S/C54H39N5O/c1-37-16-27-53(55-36-37)40-21-26-52(54(60)35-40)51-15-7-6-14-50(51)43-33-41(48-12-4-2-10-46(48)38-17-22-44(23-18-38)58-30-8-28-56-58)32-42(34-43)49-13-5-3-11-47(49)39-19-24-45(25-20-39)59-31-9-29-57-59/h2-36,60H,1H3. The molecule has 0 radical (unpaired) electrons. The summed E-state index contributed by atoms with van der Waals surface area (Å²) < 4.78 is 3.74. The Kier molecular flexibility index (Phi) is 9.48. The van der Waals surface area contributed by atoms with Crippen molar-refractivity contribution < 1.29 is 5.11 Å². The summed E-state index contributed by atoms with van der Waals surface area (Å²) in [6.07, 6.45) is 9.34. The van der Waals surface area contributed by atoms with Gasteiger partial charge in [0.15, 0.2) is 0 Å². The van der Waals surface area contributed by atoms with Crippen LogP contribution in [0.1, 0.15) is 5.56 Å². The van der Waals surface area contributed by atoms with E-state index in [0.29, 0.717) is 0 Å². The van der Waals surface area contributed by atoms with Crippen LogP contribution < -0.4 is 0 Å². The normalized spacial score (nSPS) is 11.2. The Morgan fingerprint density at radius 1 is 0.383 bits per heavy atom. The molecule has 6 heteroatoms. The maximum Gasteiger partial charge on any atom is 0.124 e. The Bertz CT molecular complexity index is 2940. The third-order valence-corrected chi connectivity index (χ3v) is 11.0. The molecule has 0 bridgehead atoms. The van der Waals surface area contributed by atoms with E-state index in [1.165, 1.54) is 0 Å². The van der Waals surface area contributed by atoms with E-state index in [-0.39, 0.29) is 5.75 Å². The van der Waals surface area contributed by atoms with Gasteiger partial charge in [0.05, 0.1) is 17.1 Å². The molecule has 0 aliphatic carbocycles. The smallest absolute Gasteiger partial charge is 0.124 e. The van der Waals surface area contributed by atoms with Crippen molar-refractivity contribution in [2.45, 2.75) is 6.92 Å². The molecule has 0 aliphatic rings. The monoisotopic (exact) mass is 773 g/mol. The lowest BCUT2D eigenvalue weighted by Crippen LogP contribution is -1.95. The molecule has 60 heavy (non-hydrogen) atoms. The van der Waals surface area contributed by atoms with E-state index in [2.05, 4.69) is 149 Å². The molecule has 0 saturated carbocycles. The number of rotatable bonds is 9. The first-order valence-corrected chi connectivity index (χ1v) is 20.0. The van der Waals surface area contributed by atoms with Crippen molar-refractivity contribution in [2.24, 2.45) is 0 Å². The van der Waals surface area contributed by atoms with E-state index in [1.807, 2.05) is 83.4 Å². The summed E-state index contributed by atoms with van der Waals surface area (Å²) in [6, 6.07) is 63.2. The summed E-state index contributed by atoms with van der Waals surface area (Å²) in [5.41, 5.74) is 17.4. The van der Waals surface area contributed by atoms with Crippen LogP contribution in [0.4, 0.5) is 0 Å². The Hall–Kier alpha value is -8.09. The zero-order valence-corrected chi connectivity index (χ0v) is 32.9. The first kappa shape index (κ1) is 36.3. The fraction of sp³-hybridized carbons (Fsp3) is 0.0185. The van der Waals surface area contributed by atoms with Crippen LogP contribution in [-0.2, 0) is 0 Å². The highest BCUT2D eigenvalue weighted by atomic mass is 16.3. The molecule has 0 aliphatic heterocycles. The van der Waals surface area contributed by atoms with Crippen LogP contribution in [0, 0.1) is 6.92 Å². The number of pyridine rings is 1. The van der Waals surface area contributed by atoms with E-state index in [9.17, 15) is 5.11 Å². The Labute approximate surface area is 349 Å². The molecule has 7 aromatic carbocycles. The number of hydrogen-bond acceptors (Lipinski definition) is 4. The van der Waals surface area contributed by atoms with Gasteiger partial charge in [-0.2, -0.15) is 10.2 Å². The minimum Gasteiger partial charge on any atom is -0.507 e. The molecule has 0 spiro atoms. The average molecular weight is 774 g/mol. The number of aryl methyl sites for hydroxylation is 1. The Balaban J connectivity index is 1.13. The van der Waals surface area contributed by atoms with Gasteiger partial charge in [-0.1, -0.05) is 109 Å². The highest BCUT2D eigenvalue weighted by molar-refractivity contribution is 5.95. The molecule has 0 fully saturated rings. The van der Waals surface area contributed by atoms with Gasteiger partial charge < -0.3 is 5.11 Å². The van der Waals surface area contributed by atoms with Gasteiger partial charge in [0.2, 0.25) is 0 Å². The van der Waals surface area contributed by atoms with Crippen LogP contribution in [0.2, 0.25) is 0 Å². The van der Waals surface area contributed by atoms with Crippen LogP contribution in [0.15, 0.2) is 213 Å². The molecule has 1 N–H and O–H groups in total. The number of hydrogen-bond donors (Lipinski definition) is 1. The molecule has 286 valence electrons. The summed E-state index contributed by atoms with van der Waals surface area (Å²) in [4.78, 5) is 4.60. The van der Waals surface area contributed by atoms with Crippen molar-refractivity contribution in [3.05, 3.63) is 219 Å². The molecule has 0 atom stereocenters. The fourth-order valence-corrected chi connectivity index (χ4v) is 8.02. The number of benzene rings is 7. The first-order valence-electron chi connectivity index (χ1n) is 20.0. The molecule has 10 aromatic rings. The maximum absolute atomic E-state index is 11.6. The molecule has 0 saturated heterocycles. The molecular weight excluding hydrogens is 735 g/mol. The quantitative estimate of drug-likeness (QED) is 0.159. The van der Waals surface area contributed by atoms with E-state index in [0.717, 1.165) is 95.0 Å². The lowest BCUT2D eigenvalue weighted by Gasteiger charge is -2.18. The zero-order valence-electron chi connectivity index (χ0n) is 32.9. The van der Waals surface area contributed by atoms with Gasteiger partial charge in [-0.3, -0.25) is 4.98 Å². The van der Waals surface area contributed by atoms with Crippen LogP contribution in [-0.4, -0.2) is 29.7 Å². The van der Waals surface area contributed by atoms with Crippen LogP contribution in [0.25, 0.3) is 89.4 Å². The Morgan fingerprint density at radius 2 is 0.817 bits per heavy atom. The van der Waals surface area contributed by atoms with Gasteiger partial charge in [0, 0.05) is 42.1 Å². The second-order valence-electron chi connectivity index (χ2n) is 14.9. The van der Waals surface area contributed by atoms with Crippen molar-refractivity contribution in [1.82, 2.24) is 24.5 Å². The number of phenolic OH excluding ortho intramolecular Hbond substituents is 1. The Morgan fingerprint density at radius 3 is 1.23 bits per heavy atom.